The zero-order valence-electron chi connectivity index (χ0n) is 33.9. The van der Waals surface area contributed by atoms with E-state index in [0.29, 0.717) is 35.6 Å². The van der Waals surface area contributed by atoms with Crippen LogP contribution in [0.5, 0.6) is 11.5 Å². The highest BCUT2D eigenvalue weighted by Crippen LogP contribution is 2.62. The van der Waals surface area contributed by atoms with Gasteiger partial charge in [0.1, 0.15) is 35.6 Å². The number of hydrogen-bond donors (Lipinski definition) is 3. The van der Waals surface area contributed by atoms with Gasteiger partial charge in [-0.15, -0.1) is 6.58 Å². The van der Waals surface area contributed by atoms with Gasteiger partial charge in [-0.1, -0.05) is 48.3 Å². The lowest BCUT2D eigenvalue weighted by atomic mass is 9.55. The fourth-order valence-electron chi connectivity index (χ4n) is 8.53. The number of unbranched alkanes of at least 4 members (excludes halogenated alkanes) is 2. The van der Waals surface area contributed by atoms with E-state index in [1.54, 1.807) is 35.2 Å². The van der Waals surface area contributed by atoms with Gasteiger partial charge in [0.2, 0.25) is 5.79 Å². The Bertz CT molecular complexity index is 1700. The summed E-state index contributed by atoms with van der Waals surface area (Å²) in [5, 5.41) is 33.9. The predicted molar refractivity (Wildman–Crippen MR) is 214 cm³/mol. The molecule has 57 heavy (non-hydrogen) atoms. The third kappa shape index (κ3) is 10.5. The number of hydrogen-bond acceptors (Lipinski definition) is 11. The maximum absolute atomic E-state index is 14.7. The first-order valence-electron chi connectivity index (χ1n) is 20.2. The molecule has 2 aromatic carbocycles. The summed E-state index contributed by atoms with van der Waals surface area (Å²) in [5.74, 6) is -1.51. The molecule has 3 N–H and O–H groups in total. The zero-order chi connectivity index (χ0) is 41.0. The molecule has 12 nitrogen and oxygen atoms in total. The second kappa shape index (κ2) is 20.6. The normalized spacial score (nSPS) is 24.5. The molecule has 0 spiro atoms. The highest BCUT2D eigenvalue weighted by molar-refractivity contribution is 6.03. The Morgan fingerprint density at radius 3 is 2.49 bits per heavy atom. The Balaban J connectivity index is 1.75. The Kier molecular flexibility index (Phi) is 15.9. The molecular formula is C44H61FN2O10. The van der Waals surface area contributed by atoms with E-state index in [1.807, 2.05) is 32.9 Å². The number of benzene rings is 2. The van der Waals surface area contributed by atoms with Crippen LogP contribution in [0.25, 0.3) is 0 Å². The molecule has 1 heterocycles. The first kappa shape index (κ1) is 44.1. The van der Waals surface area contributed by atoms with Crippen LogP contribution in [-0.2, 0) is 25.7 Å². The van der Waals surface area contributed by atoms with Crippen molar-refractivity contribution in [2.45, 2.75) is 95.7 Å². The lowest BCUT2D eigenvalue weighted by Gasteiger charge is -2.59. The van der Waals surface area contributed by atoms with Crippen LogP contribution in [0.15, 0.2) is 71.9 Å². The van der Waals surface area contributed by atoms with Crippen molar-refractivity contribution >= 4 is 11.8 Å². The Morgan fingerprint density at radius 1 is 1.05 bits per heavy atom. The first-order chi connectivity index (χ1) is 27.5. The van der Waals surface area contributed by atoms with Gasteiger partial charge < -0.3 is 43.8 Å². The Labute approximate surface area is 336 Å². The molecule has 0 aromatic heterocycles. The number of aliphatic hydroxyl groups excluding tert-OH is 3. The molecule has 314 valence electrons. The number of oxime groups is 1. The summed E-state index contributed by atoms with van der Waals surface area (Å²) in [6, 6.07) is 11.3. The van der Waals surface area contributed by atoms with Crippen molar-refractivity contribution in [3.05, 3.63) is 83.7 Å². The van der Waals surface area contributed by atoms with E-state index in [0.717, 1.165) is 36.8 Å². The minimum Gasteiger partial charge on any atom is -0.489 e. The van der Waals surface area contributed by atoms with Crippen LogP contribution >= 0.6 is 0 Å². The lowest BCUT2D eigenvalue weighted by molar-refractivity contribution is -0.256. The van der Waals surface area contributed by atoms with E-state index in [1.165, 1.54) is 13.2 Å². The molecule has 6 atom stereocenters. The molecule has 6 unspecified atom stereocenters. The smallest absolute Gasteiger partial charge is 0.410 e. The number of fused-ring (bicyclic) bond motifs is 2. The van der Waals surface area contributed by atoms with Gasteiger partial charge in [-0.25, -0.2) is 9.18 Å². The van der Waals surface area contributed by atoms with Crippen molar-refractivity contribution in [3.63, 3.8) is 0 Å². The summed E-state index contributed by atoms with van der Waals surface area (Å²) in [5.41, 5.74) is 2.22. The molecule has 1 amide bonds. The van der Waals surface area contributed by atoms with Crippen LogP contribution in [0.1, 0.15) is 82.8 Å². The number of amides is 1. The minimum atomic E-state index is -1.48. The summed E-state index contributed by atoms with van der Waals surface area (Å²) in [6.45, 7) is 10.1. The van der Waals surface area contributed by atoms with Gasteiger partial charge in [-0.2, -0.15) is 0 Å². The van der Waals surface area contributed by atoms with E-state index < -0.39 is 29.4 Å². The quantitative estimate of drug-likeness (QED) is 0.0692. The SMILES string of the molecule is C=CCOC12Oc3ccc(OCc4ccccc4F)cc3C3C(CCCCO)C(CCCCO)C=C(C(=NOC(C)(C)C)CC1N(CCOCCO)C(=O)OC)C32. The molecule has 13 heteroatoms. The second-order valence-corrected chi connectivity index (χ2v) is 15.9. The molecule has 5 rings (SSSR count). The highest BCUT2D eigenvalue weighted by Gasteiger charge is 2.65. The number of rotatable bonds is 21. The molecule has 0 saturated heterocycles. The van der Waals surface area contributed by atoms with Crippen LogP contribution in [0.2, 0.25) is 0 Å². The third-order valence-electron chi connectivity index (χ3n) is 10.9. The van der Waals surface area contributed by atoms with Crippen LogP contribution in [0.3, 0.4) is 0 Å². The van der Waals surface area contributed by atoms with Gasteiger partial charge in [0.05, 0.1) is 45.2 Å². The first-order valence-corrected chi connectivity index (χ1v) is 20.2. The molecule has 3 aliphatic rings. The van der Waals surface area contributed by atoms with Crippen molar-refractivity contribution in [2.75, 3.05) is 53.3 Å². The topological polar surface area (TPSA) is 149 Å². The monoisotopic (exact) mass is 796 g/mol. The van der Waals surface area contributed by atoms with E-state index in [-0.39, 0.29) is 82.8 Å². The maximum atomic E-state index is 14.7. The molecule has 2 aliphatic carbocycles. The molecule has 1 saturated carbocycles. The van der Waals surface area contributed by atoms with Crippen LogP contribution < -0.4 is 9.47 Å². The Hall–Kier alpha value is -4.01. The summed E-state index contributed by atoms with van der Waals surface area (Å²) in [7, 11) is 1.32. The largest absolute Gasteiger partial charge is 0.489 e. The van der Waals surface area contributed by atoms with E-state index >= 15 is 0 Å². The average molecular weight is 797 g/mol. The molecule has 0 radical (unpaired) electrons. The van der Waals surface area contributed by atoms with E-state index in [2.05, 4.69) is 12.7 Å². The van der Waals surface area contributed by atoms with Gasteiger partial charge in [-0.3, -0.25) is 4.90 Å². The number of carbonyl (C=O) groups excluding carboxylic acids is 1. The van der Waals surface area contributed by atoms with E-state index in [9.17, 15) is 24.5 Å². The fraction of sp³-hybridized carbons (Fsp3) is 0.591. The number of aliphatic hydroxyl groups is 3. The van der Waals surface area contributed by atoms with Gasteiger partial charge in [0.15, 0.2) is 0 Å². The molecule has 1 fully saturated rings. The summed E-state index contributed by atoms with van der Waals surface area (Å²) in [6.07, 6.45) is 7.90. The highest BCUT2D eigenvalue weighted by atomic mass is 19.1. The minimum absolute atomic E-state index is 0.00293. The van der Waals surface area contributed by atoms with Crippen molar-refractivity contribution in [2.24, 2.45) is 22.9 Å². The van der Waals surface area contributed by atoms with Gasteiger partial charge in [0, 0.05) is 43.2 Å². The van der Waals surface area contributed by atoms with Gasteiger partial charge in [0.25, 0.3) is 0 Å². The Morgan fingerprint density at radius 2 is 1.81 bits per heavy atom. The third-order valence-corrected chi connectivity index (χ3v) is 10.9. The standard InChI is InChI=1S/C44H61FN2O10/c1-6-23-55-44-39(47(42(51)52-5)19-24-53-25-22-50)28-37(46-57-43(2,3)4)34-26-30(13-9-11-20-48)33(15-10-12-21-49)40(41(34)44)35-27-32(17-18-38(35)56-44)54-29-31-14-7-8-16-36(31)45/h6-8,14,16-18,26-27,30,33,39-41,48-50H,1,9-13,15,19-25,28-29H2,2-5H3. The van der Waals surface area contributed by atoms with Gasteiger partial charge in [-0.05, 0) is 88.1 Å². The molecular weight excluding hydrogens is 735 g/mol. The lowest BCUT2D eigenvalue weighted by Crippen LogP contribution is -2.70. The summed E-state index contributed by atoms with van der Waals surface area (Å²) < 4.78 is 46.1. The number of nitrogens with zero attached hydrogens (tertiary/aromatic N) is 2. The van der Waals surface area contributed by atoms with Crippen LogP contribution in [0, 0.1) is 23.6 Å². The number of halogens is 1. The van der Waals surface area contributed by atoms with Crippen molar-refractivity contribution in [1.82, 2.24) is 4.90 Å². The number of carbonyl (C=O) groups is 1. The fourth-order valence-corrected chi connectivity index (χ4v) is 8.53. The average Bonchev–Trinajstić information content (AvgIpc) is 3.20. The molecule has 2 aromatic rings. The van der Waals surface area contributed by atoms with E-state index in [4.69, 9.17) is 33.7 Å². The van der Waals surface area contributed by atoms with Crippen molar-refractivity contribution in [1.29, 1.82) is 0 Å². The van der Waals surface area contributed by atoms with Crippen molar-refractivity contribution < 1.29 is 53.0 Å². The summed E-state index contributed by atoms with van der Waals surface area (Å²) in [4.78, 5) is 21.6. The predicted octanol–water partition coefficient (Wildman–Crippen LogP) is 6.91. The van der Waals surface area contributed by atoms with Crippen LogP contribution in [0.4, 0.5) is 9.18 Å². The number of methoxy groups -OCH3 is 1. The second-order valence-electron chi connectivity index (χ2n) is 15.9. The summed E-state index contributed by atoms with van der Waals surface area (Å²) >= 11 is 0. The molecule has 0 bridgehead atoms. The maximum Gasteiger partial charge on any atom is 0.410 e. The van der Waals surface area contributed by atoms with Crippen LogP contribution in [-0.4, -0.2) is 103 Å². The number of ether oxygens (including phenoxy) is 5. The molecule has 1 aliphatic heterocycles. The van der Waals surface area contributed by atoms with Crippen molar-refractivity contribution in [3.8, 4) is 11.5 Å². The number of allylic oxidation sites excluding steroid dienone is 1. The zero-order valence-corrected chi connectivity index (χ0v) is 33.9. The van der Waals surface area contributed by atoms with Gasteiger partial charge >= 0.3 is 6.09 Å².